The number of carbonyl (C=O) groups excluding carboxylic acids is 1. The standard InChI is InChI=1S/C9H14N4OS2/c14-8(13-4-2-10-3-5-13)1-6-15-9-12-11-7-16-9/h7,10H,1-6H2. The number of piperazine rings is 1. The Morgan fingerprint density at radius 2 is 2.38 bits per heavy atom. The molecule has 1 aliphatic heterocycles. The number of thioether (sulfide) groups is 1. The summed E-state index contributed by atoms with van der Waals surface area (Å²) in [5, 5.41) is 10.9. The molecule has 0 radical (unpaired) electrons. The molecular formula is C9H14N4OS2. The van der Waals surface area contributed by atoms with Gasteiger partial charge in [-0.2, -0.15) is 0 Å². The Labute approximate surface area is 103 Å². The monoisotopic (exact) mass is 258 g/mol. The highest BCUT2D eigenvalue weighted by Gasteiger charge is 2.15. The second kappa shape index (κ2) is 6.17. The lowest BCUT2D eigenvalue weighted by atomic mass is 10.3. The SMILES string of the molecule is O=C(CCSc1nncs1)N1CCNCC1. The van der Waals surface area contributed by atoms with Crippen LogP contribution in [0.5, 0.6) is 0 Å². The molecule has 0 bridgehead atoms. The Balaban J connectivity index is 1.67. The van der Waals surface area contributed by atoms with E-state index in [1.54, 1.807) is 17.3 Å². The van der Waals surface area contributed by atoms with Gasteiger partial charge < -0.3 is 10.2 Å². The van der Waals surface area contributed by atoms with Crippen molar-refractivity contribution in [1.29, 1.82) is 0 Å². The third-order valence-corrected chi connectivity index (χ3v) is 4.21. The number of hydrogen-bond acceptors (Lipinski definition) is 6. The van der Waals surface area contributed by atoms with E-state index in [0.717, 1.165) is 36.3 Å². The summed E-state index contributed by atoms with van der Waals surface area (Å²) in [4.78, 5) is 13.7. The number of carbonyl (C=O) groups is 1. The van der Waals surface area contributed by atoms with Gasteiger partial charge in [-0.3, -0.25) is 4.79 Å². The van der Waals surface area contributed by atoms with Gasteiger partial charge in [0.25, 0.3) is 0 Å². The van der Waals surface area contributed by atoms with E-state index < -0.39 is 0 Å². The molecule has 0 unspecified atom stereocenters. The lowest BCUT2D eigenvalue weighted by Gasteiger charge is -2.27. The minimum atomic E-state index is 0.249. The molecule has 1 aromatic rings. The Morgan fingerprint density at radius 3 is 3.06 bits per heavy atom. The van der Waals surface area contributed by atoms with E-state index in [4.69, 9.17) is 0 Å². The highest BCUT2D eigenvalue weighted by molar-refractivity contribution is 8.01. The predicted octanol–water partition coefficient (Wildman–Crippen LogP) is 0.452. The quantitative estimate of drug-likeness (QED) is 0.795. The van der Waals surface area contributed by atoms with Crippen LogP contribution >= 0.6 is 23.1 Å². The summed E-state index contributed by atoms with van der Waals surface area (Å²) in [5.74, 6) is 1.04. The van der Waals surface area contributed by atoms with Gasteiger partial charge >= 0.3 is 0 Å². The normalized spacial score (nSPS) is 16.4. The van der Waals surface area contributed by atoms with Crippen molar-refractivity contribution in [3.05, 3.63) is 5.51 Å². The molecule has 1 saturated heterocycles. The highest BCUT2D eigenvalue weighted by Crippen LogP contribution is 2.19. The van der Waals surface area contributed by atoms with E-state index in [9.17, 15) is 4.79 Å². The van der Waals surface area contributed by atoms with E-state index in [1.165, 1.54) is 11.3 Å². The molecule has 0 aromatic carbocycles. The zero-order valence-corrected chi connectivity index (χ0v) is 10.5. The zero-order chi connectivity index (χ0) is 11.2. The summed E-state index contributed by atoms with van der Waals surface area (Å²) in [6.45, 7) is 3.50. The molecule has 0 saturated carbocycles. The molecule has 1 aromatic heterocycles. The third-order valence-electron chi connectivity index (χ3n) is 2.35. The fourth-order valence-corrected chi connectivity index (χ4v) is 3.01. The van der Waals surface area contributed by atoms with Crippen LogP contribution in [0.4, 0.5) is 0 Å². The second-order valence-corrected chi connectivity index (χ2v) is 5.61. The average Bonchev–Trinajstić information content (AvgIpc) is 2.83. The van der Waals surface area contributed by atoms with Crippen molar-refractivity contribution in [1.82, 2.24) is 20.4 Å². The summed E-state index contributed by atoms with van der Waals surface area (Å²) in [6, 6.07) is 0. The van der Waals surface area contributed by atoms with Crippen LogP contribution in [0.15, 0.2) is 9.85 Å². The van der Waals surface area contributed by atoms with Crippen LogP contribution in [-0.2, 0) is 4.79 Å². The molecule has 1 fully saturated rings. The molecule has 0 spiro atoms. The number of nitrogens with zero attached hydrogens (tertiary/aromatic N) is 3. The molecule has 2 heterocycles. The number of rotatable bonds is 4. The summed E-state index contributed by atoms with van der Waals surface area (Å²) >= 11 is 3.12. The lowest BCUT2D eigenvalue weighted by Crippen LogP contribution is -2.46. The van der Waals surface area contributed by atoms with Crippen molar-refractivity contribution in [3.63, 3.8) is 0 Å². The van der Waals surface area contributed by atoms with Gasteiger partial charge in [0.1, 0.15) is 5.51 Å². The van der Waals surface area contributed by atoms with Crippen LogP contribution in [0.3, 0.4) is 0 Å². The van der Waals surface area contributed by atoms with Crippen LogP contribution in [-0.4, -0.2) is 52.9 Å². The van der Waals surface area contributed by atoms with Gasteiger partial charge in [-0.1, -0.05) is 23.1 Å². The van der Waals surface area contributed by atoms with Crippen molar-refractivity contribution in [2.45, 2.75) is 10.8 Å². The van der Waals surface area contributed by atoms with Gasteiger partial charge in [0.15, 0.2) is 4.34 Å². The minimum absolute atomic E-state index is 0.249. The maximum atomic E-state index is 11.8. The van der Waals surface area contributed by atoms with Crippen molar-refractivity contribution in [2.24, 2.45) is 0 Å². The summed E-state index contributed by atoms with van der Waals surface area (Å²) in [7, 11) is 0. The van der Waals surface area contributed by atoms with E-state index >= 15 is 0 Å². The first kappa shape index (κ1) is 11.8. The van der Waals surface area contributed by atoms with Gasteiger partial charge in [-0.25, -0.2) is 0 Å². The first-order valence-electron chi connectivity index (χ1n) is 5.24. The summed E-state index contributed by atoms with van der Waals surface area (Å²) < 4.78 is 0.938. The third kappa shape index (κ3) is 3.43. The fourth-order valence-electron chi connectivity index (χ4n) is 1.52. The van der Waals surface area contributed by atoms with E-state index in [2.05, 4.69) is 15.5 Å². The van der Waals surface area contributed by atoms with Crippen LogP contribution < -0.4 is 5.32 Å². The topological polar surface area (TPSA) is 58.1 Å². The Morgan fingerprint density at radius 1 is 1.56 bits per heavy atom. The van der Waals surface area contributed by atoms with Gasteiger partial charge in [0.05, 0.1) is 0 Å². The lowest BCUT2D eigenvalue weighted by molar-refractivity contribution is -0.131. The van der Waals surface area contributed by atoms with Crippen LogP contribution in [0.25, 0.3) is 0 Å². The van der Waals surface area contributed by atoms with Crippen molar-refractivity contribution in [2.75, 3.05) is 31.9 Å². The first-order valence-corrected chi connectivity index (χ1v) is 7.10. The molecule has 7 heteroatoms. The number of hydrogen-bond donors (Lipinski definition) is 1. The van der Waals surface area contributed by atoms with Crippen molar-refractivity contribution in [3.8, 4) is 0 Å². The highest BCUT2D eigenvalue weighted by atomic mass is 32.2. The second-order valence-electron chi connectivity index (χ2n) is 3.43. The number of nitrogens with one attached hydrogen (secondary N) is 1. The molecule has 0 aliphatic carbocycles. The van der Waals surface area contributed by atoms with Gasteiger partial charge in [-0.05, 0) is 0 Å². The van der Waals surface area contributed by atoms with Crippen molar-refractivity contribution < 1.29 is 4.79 Å². The van der Waals surface area contributed by atoms with E-state index in [1.807, 2.05) is 4.90 Å². The average molecular weight is 258 g/mol. The van der Waals surface area contributed by atoms with Crippen LogP contribution in [0, 0.1) is 0 Å². The predicted molar refractivity (Wildman–Crippen MR) is 64.7 cm³/mol. The molecule has 5 nitrogen and oxygen atoms in total. The maximum Gasteiger partial charge on any atom is 0.223 e. The Bertz CT molecular complexity index is 324. The molecule has 16 heavy (non-hydrogen) atoms. The molecule has 1 N–H and O–H groups in total. The smallest absolute Gasteiger partial charge is 0.223 e. The molecule has 2 rings (SSSR count). The largest absolute Gasteiger partial charge is 0.340 e. The van der Waals surface area contributed by atoms with Gasteiger partial charge in [0.2, 0.25) is 5.91 Å². The van der Waals surface area contributed by atoms with Gasteiger partial charge in [0, 0.05) is 38.4 Å². The summed E-state index contributed by atoms with van der Waals surface area (Å²) in [5.41, 5.74) is 1.71. The summed E-state index contributed by atoms with van der Waals surface area (Å²) in [6.07, 6.45) is 0.588. The fraction of sp³-hybridized carbons (Fsp3) is 0.667. The van der Waals surface area contributed by atoms with Crippen LogP contribution in [0.2, 0.25) is 0 Å². The number of aromatic nitrogens is 2. The molecular weight excluding hydrogens is 244 g/mol. The van der Waals surface area contributed by atoms with Crippen LogP contribution in [0.1, 0.15) is 6.42 Å². The zero-order valence-electron chi connectivity index (χ0n) is 8.89. The van der Waals surface area contributed by atoms with E-state index in [-0.39, 0.29) is 5.91 Å². The van der Waals surface area contributed by atoms with E-state index in [0.29, 0.717) is 6.42 Å². The minimum Gasteiger partial charge on any atom is -0.340 e. The number of amides is 1. The Kier molecular flexibility index (Phi) is 4.55. The molecule has 88 valence electrons. The Hall–Kier alpha value is -0.660. The molecule has 1 amide bonds. The first-order chi connectivity index (χ1) is 7.86. The maximum absolute atomic E-state index is 11.8. The molecule has 0 atom stereocenters. The van der Waals surface area contributed by atoms with Gasteiger partial charge in [-0.15, -0.1) is 10.2 Å². The molecule has 1 aliphatic rings. The van der Waals surface area contributed by atoms with Crippen molar-refractivity contribution >= 4 is 29.0 Å².